The minimum Gasteiger partial charge on any atom is -0.482 e. The van der Waals surface area contributed by atoms with Crippen molar-refractivity contribution in [1.82, 2.24) is 14.9 Å². The van der Waals surface area contributed by atoms with Crippen molar-refractivity contribution in [2.45, 2.75) is 11.8 Å². The Bertz CT molecular complexity index is 1240. The van der Waals surface area contributed by atoms with Crippen molar-refractivity contribution in [2.75, 3.05) is 17.3 Å². The van der Waals surface area contributed by atoms with Crippen LogP contribution in [0, 0.1) is 5.82 Å². The zero-order valence-electron chi connectivity index (χ0n) is 15.9. The Hall–Kier alpha value is -3.39. The summed E-state index contributed by atoms with van der Waals surface area (Å²) in [6, 6.07) is 19.7. The summed E-state index contributed by atoms with van der Waals surface area (Å²) in [5.41, 5.74) is 0.612. The van der Waals surface area contributed by atoms with Crippen molar-refractivity contribution < 1.29 is 13.9 Å². The lowest BCUT2D eigenvalue weighted by molar-refractivity contribution is 0.0954. The van der Waals surface area contributed by atoms with Gasteiger partial charge < -0.3 is 4.74 Å². The molecule has 1 aromatic heterocycles. The largest absolute Gasteiger partial charge is 0.482 e. The number of amides is 1. The Morgan fingerprint density at radius 2 is 1.83 bits per heavy atom. The van der Waals surface area contributed by atoms with Gasteiger partial charge in [-0.05, 0) is 29.0 Å². The van der Waals surface area contributed by atoms with Gasteiger partial charge in [0.25, 0.3) is 5.91 Å². The smallest absolute Gasteiger partial charge is 0.273 e. The Kier molecular flexibility index (Phi) is 4.84. The van der Waals surface area contributed by atoms with Crippen molar-refractivity contribution in [3.8, 4) is 5.75 Å². The van der Waals surface area contributed by atoms with E-state index in [-0.39, 0.29) is 18.3 Å². The number of benzene rings is 3. The van der Waals surface area contributed by atoms with Gasteiger partial charge in [-0.1, -0.05) is 60.3 Å². The minimum absolute atomic E-state index is 0.00614. The second kappa shape index (κ2) is 7.79. The van der Waals surface area contributed by atoms with Crippen LogP contribution in [0.4, 0.5) is 4.39 Å². The topological polar surface area (TPSA) is 60.3 Å². The molecule has 0 atom stereocenters. The second-order valence-corrected chi connectivity index (χ2v) is 7.80. The van der Waals surface area contributed by atoms with Gasteiger partial charge in [-0.2, -0.15) is 0 Å². The molecular formula is C22H17FN4O2S. The Labute approximate surface area is 176 Å². The molecule has 0 saturated carbocycles. The lowest BCUT2D eigenvalue weighted by atomic mass is 10.0. The molecule has 6 nitrogen and oxygen atoms in total. The first-order valence-electron chi connectivity index (χ1n) is 9.47. The van der Waals surface area contributed by atoms with Crippen LogP contribution in [-0.4, -0.2) is 33.1 Å². The molecule has 0 N–H and O–H groups in total. The Morgan fingerprint density at radius 1 is 1.03 bits per heavy atom. The molecule has 0 spiro atoms. The second-order valence-electron chi connectivity index (χ2n) is 6.73. The van der Waals surface area contributed by atoms with Crippen LogP contribution in [0.25, 0.3) is 10.8 Å². The number of halogens is 1. The van der Waals surface area contributed by atoms with Gasteiger partial charge in [-0.25, -0.2) is 14.1 Å². The van der Waals surface area contributed by atoms with Crippen LogP contribution < -0.4 is 9.75 Å². The van der Waals surface area contributed by atoms with E-state index in [0.29, 0.717) is 28.8 Å². The SMILES string of the molecule is O=C(c1cccc2ccccc12)N1CCSc2nnc(COc3ccccc3F)n21. The Balaban J connectivity index is 1.48. The van der Waals surface area contributed by atoms with Gasteiger partial charge in [0.1, 0.15) is 6.61 Å². The number of aromatic nitrogens is 3. The molecule has 4 aromatic rings. The summed E-state index contributed by atoms with van der Waals surface area (Å²) in [7, 11) is 0. The van der Waals surface area contributed by atoms with Crippen LogP contribution in [-0.2, 0) is 6.61 Å². The van der Waals surface area contributed by atoms with Crippen molar-refractivity contribution in [1.29, 1.82) is 0 Å². The predicted octanol–water partition coefficient (Wildman–Crippen LogP) is 4.03. The molecule has 0 unspecified atom stereocenters. The molecule has 1 aliphatic heterocycles. The van der Waals surface area contributed by atoms with E-state index in [2.05, 4.69) is 10.2 Å². The summed E-state index contributed by atoms with van der Waals surface area (Å²) in [5, 5.41) is 12.5. The van der Waals surface area contributed by atoms with E-state index in [4.69, 9.17) is 4.74 Å². The molecule has 0 radical (unpaired) electrons. The van der Waals surface area contributed by atoms with Gasteiger partial charge in [0, 0.05) is 11.3 Å². The van der Waals surface area contributed by atoms with Crippen molar-refractivity contribution in [2.24, 2.45) is 0 Å². The predicted molar refractivity (Wildman–Crippen MR) is 113 cm³/mol. The summed E-state index contributed by atoms with van der Waals surface area (Å²) >= 11 is 1.52. The standard InChI is InChI=1S/C22H17FN4O2S/c23-18-10-3-4-11-19(18)29-14-20-24-25-22-27(20)26(12-13-30-22)21(28)17-9-5-7-15-6-1-2-8-16(15)17/h1-11H,12-14H2. The van der Waals surface area contributed by atoms with Gasteiger partial charge in [0.2, 0.25) is 5.16 Å². The molecule has 1 amide bonds. The summed E-state index contributed by atoms with van der Waals surface area (Å²) < 4.78 is 21.2. The highest BCUT2D eigenvalue weighted by atomic mass is 32.2. The number of para-hydroxylation sites is 1. The summed E-state index contributed by atoms with van der Waals surface area (Å²) in [6.45, 7) is 0.498. The van der Waals surface area contributed by atoms with Gasteiger partial charge >= 0.3 is 0 Å². The molecule has 0 aliphatic carbocycles. The Morgan fingerprint density at radius 3 is 2.73 bits per heavy atom. The fourth-order valence-corrected chi connectivity index (χ4v) is 4.36. The number of rotatable bonds is 4. The van der Waals surface area contributed by atoms with Gasteiger partial charge in [0.05, 0.1) is 6.54 Å². The minimum atomic E-state index is -0.450. The number of thioether (sulfide) groups is 1. The van der Waals surface area contributed by atoms with Crippen molar-refractivity contribution >= 4 is 28.4 Å². The molecule has 0 saturated heterocycles. The molecule has 30 heavy (non-hydrogen) atoms. The number of hydrogen-bond acceptors (Lipinski definition) is 5. The van der Waals surface area contributed by atoms with Crippen molar-refractivity contribution in [3.63, 3.8) is 0 Å². The average molecular weight is 420 g/mol. The molecule has 8 heteroatoms. The highest BCUT2D eigenvalue weighted by molar-refractivity contribution is 7.99. The van der Waals surface area contributed by atoms with E-state index < -0.39 is 5.82 Å². The average Bonchev–Trinajstić information content (AvgIpc) is 3.21. The molecule has 0 fully saturated rings. The molecule has 5 rings (SSSR count). The third-order valence-electron chi connectivity index (χ3n) is 4.90. The maximum Gasteiger partial charge on any atom is 0.273 e. The summed E-state index contributed by atoms with van der Waals surface area (Å²) in [4.78, 5) is 13.5. The van der Waals surface area contributed by atoms with Crippen LogP contribution in [0.3, 0.4) is 0 Å². The molecule has 150 valence electrons. The van der Waals surface area contributed by atoms with Crippen LogP contribution >= 0.6 is 11.8 Å². The van der Waals surface area contributed by atoms with E-state index in [1.807, 2.05) is 42.5 Å². The zero-order valence-corrected chi connectivity index (χ0v) is 16.7. The van der Waals surface area contributed by atoms with Gasteiger partial charge in [-0.15, -0.1) is 10.2 Å². The lowest BCUT2D eigenvalue weighted by Gasteiger charge is -2.29. The first-order chi connectivity index (χ1) is 14.7. The summed E-state index contributed by atoms with van der Waals surface area (Å²) in [5.74, 6) is 0.691. The monoisotopic (exact) mass is 420 g/mol. The lowest BCUT2D eigenvalue weighted by Crippen LogP contribution is -2.45. The fraction of sp³-hybridized carbons (Fsp3) is 0.136. The highest BCUT2D eigenvalue weighted by Gasteiger charge is 2.29. The van der Waals surface area contributed by atoms with Gasteiger partial charge in [0.15, 0.2) is 17.4 Å². The van der Waals surface area contributed by atoms with Crippen LogP contribution in [0.1, 0.15) is 16.2 Å². The quantitative estimate of drug-likeness (QED) is 0.499. The number of fused-ring (bicyclic) bond motifs is 2. The number of nitrogens with zero attached hydrogens (tertiary/aromatic N) is 4. The molecular weight excluding hydrogens is 403 g/mol. The van der Waals surface area contributed by atoms with E-state index in [0.717, 1.165) is 10.8 Å². The maximum absolute atomic E-state index is 13.9. The third kappa shape index (κ3) is 3.29. The number of carbonyl (C=O) groups excluding carboxylic acids is 1. The van der Waals surface area contributed by atoms with Crippen molar-refractivity contribution in [3.05, 3.63) is 83.9 Å². The van der Waals surface area contributed by atoms with E-state index in [1.165, 1.54) is 17.8 Å². The van der Waals surface area contributed by atoms with Crippen LogP contribution in [0.15, 0.2) is 71.9 Å². The number of carbonyl (C=O) groups is 1. The normalized spacial score (nSPS) is 13.3. The molecule has 2 heterocycles. The molecule has 1 aliphatic rings. The van der Waals surface area contributed by atoms with E-state index in [9.17, 15) is 9.18 Å². The first-order valence-corrected chi connectivity index (χ1v) is 10.5. The highest BCUT2D eigenvalue weighted by Crippen LogP contribution is 2.26. The first kappa shape index (κ1) is 18.6. The number of hydrogen-bond donors (Lipinski definition) is 0. The van der Waals surface area contributed by atoms with Crippen LogP contribution in [0.2, 0.25) is 0 Å². The van der Waals surface area contributed by atoms with Crippen LogP contribution in [0.5, 0.6) is 5.75 Å². The van der Waals surface area contributed by atoms with E-state index in [1.54, 1.807) is 27.9 Å². The maximum atomic E-state index is 13.9. The molecule has 3 aromatic carbocycles. The third-order valence-corrected chi connectivity index (χ3v) is 5.80. The fourth-order valence-electron chi connectivity index (χ4n) is 3.49. The number of ether oxygens (including phenoxy) is 1. The van der Waals surface area contributed by atoms with E-state index >= 15 is 0 Å². The molecule has 0 bridgehead atoms. The zero-order chi connectivity index (χ0) is 20.5. The summed E-state index contributed by atoms with van der Waals surface area (Å²) in [6.07, 6.45) is 0. The van der Waals surface area contributed by atoms with Gasteiger partial charge in [-0.3, -0.25) is 4.79 Å².